The first kappa shape index (κ1) is 15.1. The molecule has 0 saturated carbocycles. The summed E-state index contributed by atoms with van der Waals surface area (Å²) >= 11 is 12.1. The van der Waals surface area contributed by atoms with Gasteiger partial charge in [0.15, 0.2) is 0 Å². The van der Waals surface area contributed by atoms with Crippen molar-refractivity contribution in [1.82, 2.24) is 0 Å². The lowest BCUT2D eigenvalue weighted by molar-refractivity contribution is 0.604. The minimum Gasteiger partial charge on any atom is -0.143 e. The van der Waals surface area contributed by atoms with E-state index in [0.717, 1.165) is 10.0 Å². The fourth-order valence-corrected chi connectivity index (χ4v) is 3.96. The van der Waals surface area contributed by atoms with Gasteiger partial charge in [-0.25, -0.2) is 0 Å². The van der Waals surface area contributed by atoms with E-state index in [0.29, 0.717) is 0 Å². The van der Waals surface area contributed by atoms with Crippen LogP contribution in [0.15, 0.2) is 34.8 Å². The second-order valence-electron chi connectivity index (χ2n) is 5.84. The van der Waals surface area contributed by atoms with Gasteiger partial charge in [-0.05, 0) is 36.1 Å². The SMILES string of the molecule is Cc1ccc(Br)c(C(Cl)c2ccc(C(C)(C)C)s2)c1. The molecule has 0 fully saturated rings. The molecule has 0 spiro atoms. The van der Waals surface area contributed by atoms with E-state index in [4.69, 9.17) is 11.6 Å². The highest BCUT2D eigenvalue weighted by atomic mass is 79.9. The van der Waals surface area contributed by atoms with Crippen molar-refractivity contribution in [2.75, 3.05) is 0 Å². The smallest absolute Gasteiger partial charge is 0.0938 e. The lowest BCUT2D eigenvalue weighted by Crippen LogP contribution is -2.07. The Morgan fingerprint density at radius 2 is 1.84 bits per heavy atom. The molecule has 0 saturated heterocycles. The third-order valence-electron chi connectivity index (χ3n) is 3.04. The van der Waals surface area contributed by atoms with Crippen molar-refractivity contribution >= 4 is 38.9 Å². The lowest BCUT2D eigenvalue weighted by Gasteiger charge is -2.16. The molecule has 0 aliphatic rings. The first-order valence-electron chi connectivity index (χ1n) is 6.29. The first-order chi connectivity index (χ1) is 8.79. The molecule has 1 unspecified atom stereocenters. The van der Waals surface area contributed by atoms with E-state index >= 15 is 0 Å². The predicted octanol–water partition coefficient (Wildman–Crippen LogP) is 6.44. The molecule has 3 heteroatoms. The Hall–Kier alpha value is -0.310. The summed E-state index contributed by atoms with van der Waals surface area (Å²) in [6.45, 7) is 8.78. The number of thiophene rings is 1. The quantitative estimate of drug-likeness (QED) is 0.542. The van der Waals surface area contributed by atoms with Crippen molar-refractivity contribution in [2.24, 2.45) is 0 Å². The van der Waals surface area contributed by atoms with Crippen molar-refractivity contribution in [2.45, 2.75) is 38.5 Å². The van der Waals surface area contributed by atoms with E-state index < -0.39 is 0 Å². The number of benzene rings is 1. The van der Waals surface area contributed by atoms with E-state index in [-0.39, 0.29) is 10.8 Å². The van der Waals surface area contributed by atoms with Gasteiger partial charge >= 0.3 is 0 Å². The number of aryl methyl sites for hydroxylation is 1. The summed E-state index contributed by atoms with van der Waals surface area (Å²) in [4.78, 5) is 2.58. The van der Waals surface area contributed by atoms with Crippen LogP contribution < -0.4 is 0 Å². The summed E-state index contributed by atoms with van der Waals surface area (Å²) in [6.07, 6.45) is 0. The maximum Gasteiger partial charge on any atom is 0.0938 e. The van der Waals surface area contributed by atoms with Crippen LogP contribution in [0.2, 0.25) is 0 Å². The van der Waals surface area contributed by atoms with Crippen LogP contribution in [0, 0.1) is 6.92 Å². The molecule has 1 aromatic carbocycles. The van der Waals surface area contributed by atoms with E-state index in [2.05, 4.69) is 74.0 Å². The van der Waals surface area contributed by atoms with Crippen molar-refractivity contribution in [3.05, 3.63) is 55.7 Å². The van der Waals surface area contributed by atoms with Crippen LogP contribution >= 0.6 is 38.9 Å². The second kappa shape index (κ2) is 5.59. The Balaban J connectivity index is 2.36. The molecule has 102 valence electrons. The fourth-order valence-electron chi connectivity index (χ4n) is 1.90. The van der Waals surface area contributed by atoms with E-state index in [1.54, 1.807) is 11.3 Å². The Kier molecular flexibility index (Phi) is 4.44. The molecule has 0 amide bonds. The van der Waals surface area contributed by atoms with Crippen LogP contribution in [-0.2, 0) is 5.41 Å². The van der Waals surface area contributed by atoms with Gasteiger partial charge in [0.2, 0.25) is 0 Å². The average molecular weight is 358 g/mol. The monoisotopic (exact) mass is 356 g/mol. The van der Waals surface area contributed by atoms with E-state index in [1.165, 1.54) is 15.3 Å². The molecule has 0 bridgehead atoms. The fraction of sp³-hybridized carbons (Fsp3) is 0.375. The molecule has 0 N–H and O–H groups in total. The lowest BCUT2D eigenvalue weighted by atomic mass is 9.95. The minimum atomic E-state index is -0.0876. The third-order valence-corrected chi connectivity index (χ3v) is 5.94. The second-order valence-corrected chi connectivity index (χ2v) is 8.25. The van der Waals surface area contributed by atoms with E-state index in [1.807, 2.05) is 0 Å². The predicted molar refractivity (Wildman–Crippen MR) is 89.6 cm³/mol. The highest BCUT2D eigenvalue weighted by Crippen LogP contribution is 2.40. The van der Waals surface area contributed by atoms with Crippen LogP contribution in [0.1, 0.15) is 47.0 Å². The largest absolute Gasteiger partial charge is 0.143 e. The summed E-state index contributed by atoms with van der Waals surface area (Å²) in [5.41, 5.74) is 2.56. The standard InChI is InChI=1S/C16H18BrClS/c1-10-5-6-12(17)11(9-10)15(18)13-7-8-14(19-13)16(2,3)4/h5-9,15H,1-4H3. The molecule has 1 atom stereocenters. The van der Waals surface area contributed by atoms with Gasteiger partial charge in [-0.3, -0.25) is 0 Å². The molecule has 0 radical (unpaired) electrons. The minimum absolute atomic E-state index is 0.0876. The Bertz CT molecular complexity index is 581. The Morgan fingerprint density at radius 3 is 2.42 bits per heavy atom. The maximum absolute atomic E-state index is 6.65. The van der Waals surface area contributed by atoms with Gasteiger partial charge in [0.25, 0.3) is 0 Å². The third kappa shape index (κ3) is 3.42. The first-order valence-corrected chi connectivity index (χ1v) is 8.34. The van der Waals surface area contributed by atoms with E-state index in [9.17, 15) is 0 Å². The average Bonchev–Trinajstić information content (AvgIpc) is 2.80. The number of hydrogen-bond acceptors (Lipinski definition) is 1. The van der Waals surface area contributed by atoms with Crippen LogP contribution in [-0.4, -0.2) is 0 Å². The molecule has 2 aromatic rings. The van der Waals surface area contributed by atoms with Crippen LogP contribution in [0.4, 0.5) is 0 Å². The molecule has 1 aromatic heterocycles. The molecule has 1 heterocycles. The molecule has 0 nitrogen and oxygen atoms in total. The van der Waals surface area contributed by atoms with Gasteiger partial charge in [-0.2, -0.15) is 0 Å². The van der Waals surface area contributed by atoms with Crippen LogP contribution in [0.25, 0.3) is 0 Å². The van der Waals surface area contributed by atoms with Crippen molar-refractivity contribution in [3.63, 3.8) is 0 Å². The zero-order valence-corrected chi connectivity index (χ0v) is 14.8. The van der Waals surface area contributed by atoms with Crippen molar-refractivity contribution in [3.8, 4) is 0 Å². The Morgan fingerprint density at radius 1 is 1.16 bits per heavy atom. The molecule has 0 aliphatic heterocycles. The highest BCUT2D eigenvalue weighted by molar-refractivity contribution is 9.10. The summed E-state index contributed by atoms with van der Waals surface area (Å²) in [6, 6.07) is 10.7. The number of alkyl halides is 1. The van der Waals surface area contributed by atoms with Crippen LogP contribution in [0.3, 0.4) is 0 Å². The van der Waals surface area contributed by atoms with Crippen LogP contribution in [0.5, 0.6) is 0 Å². The summed E-state index contributed by atoms with van der Waals surface area (Å²) in [7, 11) is 0. The van der Waals surface area contributed by atoms with Gasteiger partial charge < -0.3 is 0 Å². The highest BCUT2D eigenvalue weighted by Gasteiger charge is 2.20. The Labute approximate surface area is 132 Å². The summed E-state index contributed by atoms with van der Waals surface area (Å²) < 4.78 is 1.07. The zero-order chi connectivity index (χ0) is 14.2. The van der Waals surface area contributed by atoms with Gasteiger partial charge in [0.05, 0.1) is 5.38 Å². The van der Waals surface area contributed by atoms with Gasteiger partial charge in [-0.1, -0.05) is 54.4 Å². The number of halogens is 2. The molecule has 2 rings (SSSR count). The molecular weight excluding hydrogens is 340 g/mol. The molecular formula is C16H18BrClS. The molecule has 0 aliphatic carbocycles. The van der Waals surface area contributed by atoms with Crippen molar-refractivity contribution < 1.29 is 0 Å². The normalized spacial score (nSPS) is 13.6. The van der Waals surface area contributed by atoms with Gasteiger partial charge in [-0.15, -0.1) is 22.9 Å². The zero-order valence-electron chi connectivity index (χ0n) is 11.6. The van der Waals surface area contributed by atoms with Gasteiger partial charge in [0.1, 0.15) is 0 Å². The topological polar surface area (TPSA) is 0 Å². The number of hydrogen-bond donors (Lipinski definition) is 0. The summed E-state index contributed by atoms with van der Waals surface area (Å²) in [5, 5.41) is -0.0876. The number of rotatable bonds is 2. The summed E-state index contributed by atoms with van der Waals surface area (Å²) in [5.74, 6) is 0. The van der Waals surface area contributed by atoms with Gasteiger partial charge in [0, 0.05) is 14.2 Å². The van der Waals surface area contributed by atoms with Crippen molar-refractivity contribution in [1.29, 1.82) is 0 Å². The maximum atomic E-state index is 6.65. The molecule has 19 heavy (non-hydrogen) atoms.